The molecule has 0 spiro atoms. The van der Waals surface area contributed by atoms with Crippen molar-refractivity contribution >= 4 is 37.7 Å². The third-order valence-corrected chi connectivity index (χ3v) is 0. The van der Waals surface area contributed by atoms with Crippen molar-refractivity contribution in [1.82, 2.24) is 0 Å². The number of hydrogen-bond acceptors (Lipinski definition) is 2. The van der Waals surface area contributed by atoms with Gasteiger partial charge in [-0.15, -0.1) is 0 Å². The van der Waals surface area contributed by atoms with E-state index in [-0.39, 0.29) is 73.3 Å². The summed E-state index contributed by atoms with van der Waals surface area (Å²) in [4.78, 5) is 0. The zero-order valence-corrected chi connectivity index (χ0v) is 9.44. The van der Waals surface area contributed by atoms with Gasteiger partial charge in [0.1, 0.15) is 0 Å². The van der Waals surface area contributed by atoms with Crippen LogP contribution in [-0.4, -0.2) is 41.8 Å². The average Bonchev–Trinajstić information content (AvgIpc) is 0.811. The molecule has 0 heterocycles. The molecule has 0 amide bonds. The Morgan fingerprint density at radius 1 is 1.50 bits per heavy atom. The minimum Gasteiger partial charge on any atom is 0 e. The molecule has 1 radical (unpaired) electrons. The van der Waals surface area contributed by atoms with E-state index in [1.165, 1.54) is 0 Å². The van der Waals surface area contributed by atoms with Crippen LogP contribution in [0.5, 0.6) is 0 Å². The van der Waals surface area contributed by atoms with E-state index in [2.05, 4.69) is 0 Å². The summed E-state index contributed by atoms with van der Waals surface area (Å²) in [6, 6.07) is 0. The first-order valence-electron chi connectivity index (χ1n) is 0.565. The molecular weight excluding hydrogens is 228 g/mol. The predicted molar refractivity (Wildman–Crippen MR) is 11.6 cm³/mol. The third kappa shape index (κ3) is 31.4. The van der Waals surface area contributed by atoms with Crippen molar-refractivity contribution in [2.24, 2.45) is 0 Å². The van der Waals surface area contributed by atoms with E-state index in [9.17, 15) is 0 Å². The van der Waals surface area contributed by atoms with Crippen molar-refractivity contribution in [3.05, 3.63) is 0 Å². The minimum atomic E-state index is -3.69. The molecule has 0 bridgehead atoms. The molecule has 1 N–H and O–H groups in total. The van der Waals surface area contributed by atoms with E-state index in [1.54, 1.807) is 0 Å². The molecule has 0 aliphatic rings. The normalized spacial score (nSPS) is 4.17. The molecule has 0 atom stereocenters. The molecule has 0 aromatic rings. The molecule has 0 saturated heterocycles. The second kappa shape index (κ2) is 10.5. The van der Waals surface area contributed by atoms with Crippen LogP contribution < -0.4 is 0 Å². The molecule has 6 heavy (non-hydrogen) atoms. The van der Waals surface area contributed by atoms with Gasteiger partial charge in [-0.3, -0.25) is 0 Å². The molecule has 0 aliphatic carbocycles. The van der Waals surface area contributed by atoms with Crippen LogP contribution in [0.25, 0.3) is 0 Å². The molecule has 0 aliphatic heterocycles. The Labute approximate surface area is 98.1 Å². The fraction of sp³-hybridized carbons (Fsp3) is 0. The topological polar surface area (TPSA) is 54.4 Å². The second-order valence-electron chi connectivity index (χ2n) is 0.238. The molecular formula is H3CaO3VY. The summed E-state index contributed by atoms with van der Waals surface area (Å²) in [6.07, 6.45) is 0. The Hall–Kier alpha value is 2.51. The maximum absolute atomic E-state index is 8.67. The van der Waals surface area contributed by atoms with Gasteiger partial charge in [-0.1, -0.05) is 0 Å². The van der Waals surface area contributed by atoms with E-state index < -0.39 is 15.4 Å². The van der Waals surface area contributed by atoms with Crippen molar-refractivity contribution in [1.29, 1.82) is 0 Å². The molecule has 31 valence electrons. The van der Waals surface area contributed by atoms with Gasteiger partial charge < -0.3 is 2.85 Å². The Kier molecular flexibility index (Phi) is 27.6. The smallest absolute Gasteiger partial charge is 0 e. The molecule has 0 saturated carbocycles. The van der Waals surface area contributed by atoms with Gasteiger partial charge in [0.15, 0.2) is 0 Å². The Morgan fingerprint density at radius 2 is 1.50 bits per heavy atom. The van der Waals surface area contributed by atoms with E-state index in [4.69, 9.17) is 11.4 Å². The van der Waals surface area contributed by atoms with Crippen molar-refractivity contribution in [3.8, 4) is 0 Å². The molecule has 0 rings (SSSR count). The van der Waals surface area contributed by atoms with Gasteiger partial charge in [0.2, 0.25) is 0 Å². The second-order valence-corrected chi connectivity index (χ2v) is 0.981. The minimum absolute atomic E-state index is 0. The van der Waals surface area contributed by atoms with Gasteiger partial charge in [0.25, 0.3) is 0 Å². The monoisotopic (exact) mass is 231 g/mol. The van der Waals surface area contributed by atoms with Crippen LogP contribution >= 0.6 is 0 Å². The van der Waals surface area contributed by atoms with Gasteiger partial charge in [0, 0.05) is 32.7 Å². The Bertz CT molecular complexity index is 65.7. The van der Waals surface area contributed by atoms with Gasteiger partial charge in [-0.2, -0.15) is 0 Å². The van der Waals surface area contributed by atoms with E-state index in [0.29, 0.717) is 0 Å². The summed E-state index contributed by atoms with van der Waals surface area (Å²) in [5, 5.41) is 0. The maximum atomic E-state index is 8.67. The predicted octanol–water partition coefficient (Wildman–Crippen LogP) is -0.955. The first-order chi connectivity index (χ1) is 1.73. The van der Waals surface area contributed by atoms with Crippen LogP contribution in [0.15, 0.2) is 0 Å². The molecule has 3 nitrogen and oxygen atoms in total. The zero-order chi connectivity index (χ0) is 3.58. The molecule has 6 heteroatoms. The van der Waals surface area contributed by atoms with Crippen molar-refractivity contribution in [2.75, 3.05) is 0 Å². The van der Waals surface area contributed by atoms with E-state index >= 15 is 0 Å². The summed E-state index contributed by atoms with van der Waals surface area (Å²) < 4.78 is 24.4. The Morgan fingerprint density at radius 3 is 1.50 bits per heavy atom. The fourth-order valence-electron chi connectivity index (χ4n) is 0. The Balaban J connectivity index is -0.00000000750. The standard InChI is InChI=1S/Ca.H2O.2O.V.Y.2H/h;1H2;;;;;;/q+2;;;;+1;;2*-1/p-1. The van der Waals surface area contributed by atoms with E-state index in [1.807, 2.05) is 0 Å². The van der Waals surface area contributed by atoms with Crippen LogP contribution in [0, 0.1) is 0 Å². The summed E-state index contributed by atoms with van der Waals surface area (Å²) in [7, 11) is 0. The summed E-state index contributed by atoms with van der Waals surface area (Å²) >= 11 is -3.69. The summed E-state index contributed by atoms with van der Waals surface area (Å²) in [6.45, 7) is 0. The van der Waals surface area contributed by atoms with Gasteiger partial charge in [-0.25, -0.2) is 0 Å². The van der Waals surface area contributed by atoms with Crippen molar-refractivity contribution in [2.45, 2.75) is 0 Å². The van der Waals surface area contributed by atoms with Gasteiger partial charge in [-0.05, 0) is 0 Å². The third-order valence-electron chi connectivity index (χ3n) is 0. The molecule has 0 aromatic heterocycles. The average molecular weight is 231 g/mol. The van der Waals surface area contributed by atoms with Crippen LogP contribution in [0.4, 0.5) is 0 Å². The molecule has 0 unspecified atom stereocenters. The van der Waals surface area contributed by atoms with Gasteiger partial charge >= 0.3 is 64.5 Å². The maximum Gasteiger partial charge on any atom is 0 e. The zero-order valence-electron chi connectivity index (χ0n) is 5.00. The number of hydrogen-bond donors (Lipinski definition) is 1. The van der Waals surface area contributed by atoms with Gasteiger partial charge in [0.05, 0.1) is 0 Å². The summed E-state index contributed by atoms with van der Waals surface area (Å²) in [5.74, 6) is 0. The van der Waals surface area contributed by atoms with Crippen molar-refractivity contribution < 1.29 is 62.3 Å². The summed E-state index contributed by atoms with van der Waals surface area (Å²) in [5.41, 5.74) is 0. The fourth-order valence-corrected chi connectivity index (χ4v) is 0. The number of rotatable bonds is 0. The van der Waals surface area contributed by atoms with Crippen LogP contribution in [0.2, 0.25) is 0 Å². The molecule has 0 fully saturated rings. The molecule has 0 aromatic carbocycles. The first kappa shape index (κ1) is 15.8. The van der Waals surface area contributed by atoms with Crippen LogP contribution in [0.3, 0.4) is 0 Å². The van der Waals surface area contributed by atoms with Crippen LogP contribution in [0.1, 0.15) is 2.85 Å². The van der Waals surface area contributed by atoms with Crippen molar-refractivity contribution in [3.63, 3.8) is 0 Å². The van der Waals surface area contributed by atoms with E-state index in [0.717, 1.165) is 0 Å². The van der Waals surface area contributed by atoms with Crippen LogP contribution in [-0.2, 0) is 55.5 Å². The first-order valence-corrected chi connectivity index (χ1v) is 2.33. The largest absolute Gasteiger partial charge is 0 e. The quantitative estimate of drug-likeness (QED) is 0.546. The SMILES string of the molecule is [Ca+2].[H-].[H-].[O]=[V](=[O])[OH].[Y].